The van der Waals surface area contributed by atoms with Crippen LogP contribution in [0, 0.1) is 6.92 Å². The minimum atomic E-state index is -0.596. The number of hydrogen-bond donors (Lipinski definition) is 0. The Bertz CT molecular complexity index is 1130. The molecule has 0 saturated carbocycles. The number of aryl methyl sites for hydroxylation is 1. The van der Waals surface area contributed by atoms with Gasteiger partial charge in [0.05, 0.1) is 37.6 Å². The summed E-state index contributed by atoms with van der Waals surface area (Å²) in [6.07, 6.45) is 2.56. The Morgan fingerprint density at radius 3 is 1.85 bits per heavy atom. The summed E-state index contributed by atoms with van der Waals surface area (Å²) in [4.78, 5) is 36.2. The summed E-state index contributed by atoms with van der Waals surface area (Å²) >= 11 is 0. The van der Waals surface area contributed by atoms with E-state index in [9.17, 15) is 14.4 Å². The molecule has 2 aliphatic rings. The van der Waals surface area contributed by atoms with Crippen LogP contribution in [0.5, 0.6) is 5.75 Å². The van der Waals surface area contributed by atoms with Gasteiger partial charge in [-0.3, -0.25) is 0 Å². The lowest BCUT2D eigenvalue weighted by Gasteiger charge is -2.17. The Balaban J connectivity index is 1.16. The zero-order valence-corrected chi connectivity index (χ0v) is 22.0. The van der Waals surface area contributed by atoms with Crippen molar-refractivity contribution < 1.29 is 42.8 Å². The highest BCUT2D eigenvalue weighted by Crippen LogP contribution is 2.31. The molecule has 2 aliphatic heterocycles. The maximum Gasteiger partial charge on any atom is 0.338 e. The van der Waals surface area contributed by atoms with Crippen LogP contribution in [0.4, 0.5) is 0 Å². The van der Waals surface area contributed by atoms with E-state index in [1.54, 1.807) is 36.4 Å². The Labute approximate surface area is 228 Å². The van der Waals surface area contributed by atoms with Crippen LogP contribution in [0.2, 0.25) is 0 Å². The van der Waals surface area contributed by atoms with Crippen LogP contribution in [-0.2, 0) is 28.5 Å². The van der Waals surface area contributed by atoms with Gasteiger partial charge in [-0.25, -0.2) is 14.4 Å². The number of hydrogen-bond acceptors (Lipinski definition) is 9. The fraction of sp³-hybridized carbons (Fsp3) is 0.433. The predicted octanol–water partition coefficient (Wildman–Crippen LogP) is 4.21. The van der Waals surface area contributed by atoms with Crippen molar-refractivity contribution in [2.45, 2.75) is 57.0 Å². The lowest BCUT2D eigenvalue weighted by Crippen LogP contribution is -2.36. The number of ether oxygens (including phenoxy) is 6. The topological polar surface area (TPSA) is 107 Å². The molecule has 2 unspecified atom stereocenters. The molecule has 4 atom stereocenters. The molecular formula is C30H34O9. The molecule has 0 N–H and O–H groups in total. The number of esters is 3. The third kappa shape index (κ3) is 7.91. The minimum absolute atomic E-state index is 0.164. The van der Waals surface area contributed by atoms with Gasteiger partial charge in [0, 0.05) is 6.08 Å². The van der Waals surface area contributed by atoms with Gasteiger partial charge >= 0.3 is 17.9 Å². The second-order valence-electron chi connectivity index (χ2n) is 9.51. The van der Waals surface area contributed by atoms with Crippen LogP contribution in [0.15, 0.2) is 61.2 Å². The van der Waals surface area contributed by atoms with Crippen LogP contribution in [0.1, 0.15) is 52.0 Å². The molecule has 2 aromatic carbocycles. The molecule has 0 aromatic heterocycles. The highest BCUT2D eigenvalue weighted by atomic mass is 16.7. The van der Waals surface area contributed by atoms with E-state index in [-0.39, 0.29) is 13.2 Å². The zero-order valence-electron chi connectivity index (χ0n) is 22.0. The average Bonchev–Trinajstić information content (AvgIpc) is 3.53. The first-order chi connectivity index (χ1) is 18.9. The van der Waals surface area contributed by atoms with Crippen LogP contribution in [0.25, 0.3) is 0 Å². The van der Waals surface area contributed by atoms with Gasteiger partial charge < -0.3 is 28.4 Å². The number of benzene rings is 2. The molecule has 2 aromatic rings. The van der Waals surface area contributed by atoms with Crippen molar-refractivity contribution in [1.82, 2.24) is 0 Å². The Kier molecular flexibility index (Phi) is 10.1. The van der Waals surface area contributed by atoms with Crippen molar-refractivity contribution in [3.63, 3.8) is 0 Å². The highest BCUT2D eigenvalue weighted by Gasteiger charge is 2.51. The second kappa shape index (κ2) is 13.9. The van der Waals surface area contributed by atoms with E-state index in [1.165, 1.54) is 0 Å². The van der Waals surface area contributed by atoms with Crippen molar-refractivity contribution in [2.75, 3.05) is 26.4 Å². The summed E-state index contributed by atoms with van der Waals surface area (Å²) in [5, 5.41) is 0. The summed E-state index contributed by atoms with van der Waals surface area (Å²) in [6, 6.07) is 13.9. The van der Waals surface area contributed by atoms with Crippen molar-refractivity contribution in [1.29, 1.82) is 0 Å². The fourth-order valence-electron chi connectivity index (χ4n) is 4.40. The number of carbonyl (C=O) groups is 3. The van der Waals surface area contributed by atoms with E-state index in [0.29, 0.717) is 30.1 Å². The molecule has 0 amide bonds. The Morgan fingerprint density at radius 1 is 0.795 bits per heavy atom. The van der Waals surface area contributed by atoms with Gasteiger partial charge in [-0.15, -0.1) is 0 Å². The molecular weight excluding hydrogens is 504 g/mol. The van der Waals surface area contributed by atoms with Gasteiger partial charge in [-0.1, -0.05) is 24.3 Å². The Hall–Kier alpha value is -3.69. The molecule has 4 rings (SSSR count). The van der Waals surface area contributed by atoms with E-state index in [1.807, 2.05) is 19.1 Å². The average molecular weight is 539 g/mol. The van der Waals surface area contributed by atoms with Crippen LogP contribution >= 0.6 is 0 Å². The second-order valence-corrected chi connectivity index (χ2v) is 9.51. The van der Waals surface area contributed by atoms with E-state index >= 15 is 0 Å². The van der Waals surface area contributed by atoms with E-state index in [2.05, 4.69) is 6.58 Å². The molecule has 0 spiro atoms. The number of fused-ring (bicyclic) bond motifs is 1. The van der Waals surface area contributed by atoms with E-state index in [4.69, 9.17) is 28.4 Å². The molecule has 0 bridgehead atoms. The smallest absolute Gasteiger partial charge is 0.338 e. The molecule has 2 fully saturated rings. The fourth-order valence-corrected chi connectivity index (χ4v) is 4.40. The normalized spacial score (nSPS) is 21.6. The molecule has 9 nitrogen and oxygen atoms in total. The highest BCUT2D eigenvalue weighted by molar-refractivity contribution is 5.90. The van der Waals surface area contributed by atoms with Crippen molar-refractivity contribution in [2.24, 2.45) is 0 Å². The maximum absolute atomic E-state index is 12.7. The van der Waals surface area contributed by atoms with Gasteiger partial charge in [0.1, 0.15) is 18.0 Å². The third-order valence-electron chi connectivity index (χ3n) is 6.58. The summed E-state index contributed by atoms with van der Waals surface area (Å²) in [6.45, 7) is 6.59. The standard InChI is InChI=1S/C30H34O9/c1-3-26(31)35-17-7-5-4-6-16-34-23-14-12-22(13-15-23)30(33)39-25-19-37-27-24(18-36-28(25)27)38-29(32)21-10-8-20(2)9-11-21/h3,8-15,24-25,27-28H,1,4-7,16-19H2,2H3/t24-,25+,27?,28?/m1/s1. The number of rotatable bonds is 13. The summed E-state index contributed by atoms with van der Waals surface area (Å²) in [5.74, 6) is -0.671. The SMILES string of the molecule is C=CC(=O)OCCCCCCOc1ccc(C(=O)O[C@H]2COC3C2OC[C@H]3OC(=O)c2ccc(C)cc2)cc1. The molecule has 2 heterocycles. The first-order valence-electron chi connectivity index (χ1n) is 13.2. The predicted molar refractivity (Wildman–Crippen MR) is 141 cm³/mol. The van der Waals surface area contributed by atoms with Gasteiger partial charge in [-0.05, 0) is 69.0 Å². The number of carbonyl (C=O) groups excluding carboxylic acids is 3. The molecule has 208 valence electrons. The third-order valence-corrected chi connectivity index (χ3v) is 6.58. The lowest BCUT2D eigenvalue weighted by molar-refractivity contribution is -0.137. The molecule has 0 radical (unpaired) electrons. The summed E-state index contributed by atoms with van der Waals surface area (Å²) in [7, 11) is 0. The van der Waals surface area contributed by atoms with Crippen LogP contribution < -0.4 is 4.74 Å². The van der Waals surface area contributed by atoms with Gasteiger partial charge in [0.2, 0.25) is 0 Å². The van der Waals surface area contributed by atoms with E-state index < -0.39 is 42.3 Å². The van der Waals surface area contributed by atoms with Crippen molar-refractivity contribution >= 4 is 17.9 Å². The first-order valence-corrected chi connectivity index (χ1v) is 13.2. The van der Waals surface area contributed by atoms with Crippen molar-refractivity contribution in [3.05, 3.63) is 77.9 Å². The van der Waals surface area contributed by atoms with Gasteiger partial charge in [0.25, 0.3) is 0 Å². The molecule has 39 heavy (non-hydrogen) atoms. The molecule has 2 saturated heterocycles. The number of unbranched alkanes of at least 4 members (excludes halogenated alkanes) is 3. The quantitative estimate of drug-likeness (QED) is 0.160. The lowest BCUT2D eigenvalue weighted by atomic mass is 10.1. The van der Waals surface area contributed by atoms with Crippen molar-refractivity contribution in [3.8, 4) is 5.75 Å². The Morgan fingerprint density at radius 2 is 1.31 bits per heavy atom. The minimum Gasteiger partial charge on any atom is -0.494 e. The van der Waals surface area contributed by atoms with E-state index in [0.717, 1.165) is 37.3 Å². The summed E-state index contributed by atoms with van der Waals surface area (Å²) < 4.78 is 33.5. The van der Waals surface area contributed by atoms with Gasteiger partial charge in [0.15, 0.2) is 12.2 Å². The van der Waals surface area contributed by atoms with Gasteiger partial charge in [-0.2, -0.15) is 0 Å². The molecule has 0 aliphatic carbocycles. The monoisotopic (exact) mass is 538 g/mol. The summed E-state index contributed by atoms with van der Waals surface area (Å²) in [5.41, 5.74) is 1.90. The largest absolute Gasteiger partial charge is 0.494 e. The van der Waals surface area contributed by atoms with Crippen LogP contribution in [0.3, 0.4) is 0 Å². The zero-order chi connectivity index (χ0) is 27.6. The van der Waals surface area contributed by atoms with Crippen LogP contribution in [-0.4, -0.2) is 68.8 Å². The molecule has 9 heteroatoms. The first kappa shape index (κ1) is 28.3. The maximum atomic E-state index is 12.7.